The van der Waals surface area contributed by atoms with Gasteiger partial charge < -0.3 is 15.0 Å². The molecular formula is C14H22N4O. The zero-order chi connectivity index (χ0) is 13.9. The zero-order valence-electron chi connectivity index (χ0n) is 12.1. The number of H-pyrrole nitrogens is 1. The number of pyridine rings is 1. The molecule has 0 aliphatic heterocycles. The summed E-state index contributed by atoms with van der Waals surface area (Å²) in [5.74, 6) is 1.58. The van der Waals surface area contributed by atoms with E-state index in [1.54, 1.807) is 0 Å². The molecule has 0 radical (unpaired) electrons. The maximum Gasteiger partial charge on any atom is 0.215 e. The summed E-state index contributed by atoms with van der Waals surface area (Å²) in [5, 5.41) is 3.44. The van der Waals surface area contributed by atoms with Crippen molar-refractivity contribution in [2.24, 2.45) is 0 Å². The molecule has 0 atom stereocenters. The first-order valence-electron chi connectivity index (χ1n) is 6.71. The maximum atomic E-state index is 5.37. The number of aromatic nitrogens is 3. The van der Waals surface area contributed by atoms with Gasteiger partial charge in [-0.1, -0.05) is 0 Å². The minimum absolute atomic E-state index is 0.131. The lowest BCUT2D eigenvalue weighted by atomic mass is 10.1. The highest BCUT2D eigenvalue weighted by Crippen LogP contribution is 2.14. The molecule has 5 nitrogen and oxygen atoms in total. The number of hydrogen-bond donors (Lipinski definition) is 2. The van der Waals surface area contributed by atoms with Crippen LogP contribution in [0.4, 0.5) is 0 Å². The summed E-state index contributed by atoms with van der Waals surface area (Å²) in [6, 6.07) is 3.82. The summed E-state index contributed by atoms with van der Waals surface area (Å²) < 4.78 is 5.37. The van der Waals surface area contributed by atoms with Crippen LogP contribution in [0.1, 0.15) is 33.5 Å². The van der Waals surface area contributed by atoms with Gasteiger partial charge in [-0.05, 0) is 33.8 Å². The van der Waals surface area contributed by atoms with Gasteiger partial charge >= 0.3 is 0 Å². The van der Waals surface area contributed by atoms with Gasteiger partial charge in [0.2, 0.25) is 5.88 Å². The number of nitrogens with one attached hydrogen (secondary N) is 2. The molecular weight excluding hydrogens is 240 g/mol. The van der Waals surface area contributed by atoms with E-state index in [1.807, 2.05) is 19.1 Å². The van der Waals surface area contributed by atoms with Crippen LogP contribution in [0.15, 0.2) is 12.1 Å². The molecule has 0 aliphatic rings. The molecule has 0 unspecified atom stereocenters. The molecule has 0 fully saturated rings. The van der Waals surface area contributed by atoms with Crippen LogP contribution in [-0.4, -0.2) is 33.6 Å². The fourth-order valence-electron chi connectivity index (χ4n) is 1.83. The molecule has 0 bridgehead atoms. The standard InChI is InChI=1S/C14H22N4O/c1-5-19-12-7-6-10-13(18-12)17-11(16-10)8-9-15-14(2,3)4/h6-7,15H,5,8-9H2,1-4H3,(H,16,17,18). The number of fused-ring (bicyclic) bond motifs is 1. The van der Waals surface area contributed by atoms with Crippen molar-refractivity contribution in [3.63, 3.8) is 0 Å². The van der Waals surface area contributed by atoms with Crippen molar-refractivity contribution in [1.82, 2.24) is 20.3 Å². The molecule has 104 valence electrons. The normalized spacial score (nSPS) is 12.0. The molecule has 2 N–H and O–H groups in total. The Hall–Kier alpha value is -1.62. The molecule has 19 heavy (non-hydrogen) atoms. The van der Waals surface area contributed by atoms with E-state index in [2.05, 4.69) is 41.0 Å². The van der Waals surface area contributed by atoms with Crippen LogP contribution >= 0.6 is 0 Å². The number of ether oxygens (including phenoxy) is 1. The first-order valence-corrected chi connectivity index (χ1v) is 6.71. The lowest BCUT2D eigenvalue weighted by Gasteiger charge is -2.19. The Kier molecular flexibility index (Phi) is 4.04. The summed E-state index contributed by atoms with van der Waals surface area (Å²) >= 11 is 0. The molecule has 2 aromatic heterocycles. The quantitative estimate of drug-likeness (QED) is 0.868. The van der Waals surface area contributed by atoms with E-state index in [0.29, 0.717) is 12.5 Å². The van der Waals surface area contributed by atoms with Gasteiger partial charge in [0.05, 0.1) is 12.1 Å². The zero-order valence-corrected chi connectivity index (χ0v) is 12.1. The number of hydrogen-bond acceptors (Lipinski definition) is 4. The second-order valence-corrected chi connectivity index (χ2v) is 5.56. The Morgan fingerprint density at radius 3 is 2.74 bits per heavy atom. The van der Waals surface area contributed by atoms with Gasteiger partial charge in [0.25, 0.3) is 0 Å². The highest BCUT2D eigenvalue weighted by Gasteiger charge is 2.09. The topological polar surface area (TPSA) is 62.8 Å². The molecule has 0 spiro atoms. The van der Waals surface area contributed by atoms with E-state index in [0.717, 1.165) is 30.0 Å². The van der Waals surface area contributed by atoms with E-state index < -0.39 is 0 Å². The largest absolute Gasteiger partial charge is 0.478 e. The van der Waals surface area contributed by atoms with Crippen molar-refractivity contribution < 1.29 is 4.74 Å². The van der Waals surface area contributed by atoms with E-state index in [-0.39, 0.29) is 5.54 Å². The Labute approximate surface area is 113 Å². The van der Waals surface area contributed by atoms with Crippen LogP contribution in [0, 0.1) is 0 Å². The second kappa shape index (κ2) is 5.57. The highest BCUT2D eigenvalue weighted by atomic mass is 16.5. The van der Waals surface area contributed by atoms with Crippen molar-refractivity contribution in [3.05, 3.63) is 18.0 Å². The third-order valence-electron chi connectivity index (χ3n) is 2.68. The van der Waals surface area contributed by atoms with Gasteiger partial charge in [-0.3, -0.25) is 0 Å². The second-order valence-electron chi connectivity index (χ2n) is 5.56. The van der Waals surface area contributed by atoms with Gasteiger partial charge in [-0.25, -0.2) is 4.98 Å². The SMILES string of the molecule is CCOc1ccc2[nH]c(CCNC(C)(C)C)nc2n1. The molecule has 5 heteroatoms. The molecule has 0 saturated carbocycles. The minimum atomic E-state index is 0.131. The molecule has 0 aliphatic carbocycles. The van der Waals surface area contributed by atoms with Crippen LogP contribution in [0.25, 0.3) is 11.2 Å². The van der Waals surface area contributed by atoms with Gasteiger partial charge in [0.1, 0.15) is 5.82 Å². The van der Waals surface area contributed by atoms with Crippen molar-refractivity contribution in [3.8, 4) is 5.88 Å². The molecule has 0 amide bonds. The van der Waals surface area contributed by atoms with E-state index in [9.17, 15) is 0 Å². The Morgan fingerprint density at radius 1 is 1.26 bits per heavy atom. The van der Waals surface area contributed by atoms with Crippen molar-refractivity contribution >= 4 is 11.2 Å². The maximum absolute atomic E-state index is 5.37. The number of imidazole rings is 1. The van der Waals surface area contributed by atoms with Crippen molar-refractivity contribution in [1.29, 1.82) is 0 Å². The number of aromatic amines is 1. The summed E-state index contributed by atoms with van der Waals surface area (Å²) in [4.78, 5) is 12.1. The fourth-order valence-corrected chi connectivity index (χ4v) is 1.83. The molecule has 2 rings (SSSR count). The summed E-state index contributed by atoms with van der Waals surface area (Å²) in [6.45, 7) is 9.91. The predicted molar refractivity (Wildman–Crippen MR) is 76.5 cm³/mol. The summed E-state index contributed by atoms with van der Waals surface area (Å²) in [6.07, 6.45) is 0.859. The minimum Gasteiger partial charge on any atom is -0.478 e. The highest BCUT2D eigenvalue weighted by molar-refractivity contribution is 5.71. The van der Waals surface area contributed by atoms with Crippen LogP contribution in [0.5, 0.6) is 5.88 Å². The smallest absolute Gasteiger partial charge is 0.215 e. The first-order chi connectivity index (χ1) is 8.98. The lowest BCUT2D eigenvalue weighted by Crippen LogP contribution is -2.37. The first kappa shape index (κ1) is 13.8. The molecule has 0 saturated heterocycles. The van der Waals surface area contributed by atoms with Gasteiger partial charge in [0.15, 0.2) is 5.65 Å². The summed E-state index contributed by atoms with van der Waals surface area (Å²) in [7, 11) is 0. The Bertz CT molecular complexity index is 542. The van der Waals surface area contributed by atoms with Gasteiger partial charge in [-0.2, -0.15) is 4.98 Å². The van der Waals surface area contributed by atoms with Crippen LogP contribution in [0.2, 0.25) is 0 Å². The molecule has 2 aromatic rings. The summed E-state index contributed by atoms with van der Waals surface area (Å²) in [5.41, 5.74) is 1.80. The third kappa shape index (κ3) is 3.92. The van der Waals surface area contributed by atoms with Crippen molar-refractivity contribution in [2.75, 3.05) is 13.2 Å². The number of rotatable bonds is 5. The predicted octanol–water partition coefficient (Wildman–Crippen LogP) is 2.29. The van der Waals surface area contributed by atoms with Gasteiger partial charge in [-0.15, -0.1) is 0 Å². The van der Waals surface area contributed by atoms with Crippen molar-refractivity contribution in [2.45, 2.75) is 39.7 Å². The Morgan fingerprint density at radius 2 is 2.05 bits per heavy atom. The fraction of sp³-hybridized carbons (Fsp3) is 0.571. The van der Waals surface area contributed by atoms with E-state index >= 15 is 0 Å². The lowest BCUT2D eigenvalue weighted by molar-refractivity contribution is 0.328. The third-order valence-corrected chi connectivity index (χ3v) is 2.68. The Balaban J connectivity index is 2.04. The number of nitrogens with zero attached hydrogens (tertiary/aromatic N) is 2. The van der Waals surface area contributed by atoms with E-state index in [4.69, 9.17) is 4.74 Å². The average Bonchev–Trinajstić information content (AvgIpc) is 2.69. The van der Waals surface area contributed by atoms with Crippen LogP contribution in [0.3, 0.4) is 0 Å². The van der Waals surface area contributed by atoms with Crippen LogP contribution in [-0.2, 0) is 6.42 Å². The van der Waals surface area contributed by atoms with Crippen LogP contribution < -0.4 is 10.1 Å². The average molecular weight is 262 g/mol. The monoisotopic (exact) mass is 262 g/mol. The molecule has 0 aromatic carbocycles. The molecule has 2 heterocycles. The van der Waals surface area contributed by atoms with Gasteiger partial charge in [0, 0.05) is 24.6 Å². The van der Waals surface area contributed by atoms with E-state index in [1.165, 1.54) is 0 Å².